The molecule has 4 rings (SSSR count). The molecule has 1 fully saturated rings. The first kappa shape index (κ1) is 18.4. The van der Waals surface area contributed by atoms with Crippen molar-refractivity contribution in [3.8, 4) is 11.3 Å². The Balaban J connectivity index is 1.28. The van der Waals surface area contributed by atoms with Crippen LogP contribution in [0.15, 0.2) is 66.3 Å². The second-order valence-electron chi connectivity index (χ2n) is 6.77. The maximum Gasteiger partial charge on any atom is 0.244 e. The van der Waals surface area contributed by atoms with Crippen LogP contribution in [0.2, 0.25) is 0 Å². The summed E-state index contributed by atoms with van der Waals surface area (Å²) in [6.07, 6.45) is 8.91. The normalized spacial score (nSPS) is 15.1. The summed E-state index contributed by atoms with van der Waals surface area (Å²) in [5.74, 6) is -0.0320. The van der Waals surface area contributed by atoms with Gasteiger partial charge in [-0.2, -0.15) is 0 Å². The van der Waals surface area contributed by atoms with Crippen LogP contribution in [0.3, 0.4) is 0 Å². The van der Waals surface area contributed by atoms with Crippen molar-refractivity contribution in [2.24, 2.45) is 0 Å². The van der Waals surface area contributed by atoms with Crippen molar-refractivity contribution in [2.75, 3.05) is 18.0 Å². The second-order valence-corrected chi connectivity index (χ2v) is 7.61. The summed E-state index contributed by atoms with van der Waals surface area (Å²) < 4.78 is 0. The first-order valence-corrected chi connectivity index (χ1v) is 10.3. The third-order valence-electron chi connectivity index (χ3n) is 4.79. The van der Waals surface area contributed by atoms with Crippen molar-refractivity contribution in [2.45, 2.75) is 18.9 Å². The van der Waals surface area contributed by atoms with Crippen molar-refractivity contribution >= 4 is 28.5 Å². The average Bonchev–Trinajstić information content (AvgIpc) is 3.25. The van der Waals surface area contributed by atoms with E-state index in [-0.39, 0.29) is 11.9 Å². The zero-order valence-electron chi connectivity index (χ0n) is 15.5. The van der Waals surface area contributed by atoms with Crippen LogP contribution in [0.1, 0.15) is 18.4 Å². The van der Waals surface area contributed by atoms with E-state index in [4.69, 9.17) is 4.98 Å². The Kier molecular flexibility index (Phi) is 5.77. The van der Waals surface area contributed by atoms with E-state index in [0.29, 0.717) is 0 Å². The summed E-state index contributed by atoms with van der Waals surface area (Å²) in [6, 6.07) is 14.0. The van der Waals surface area contributed by atoms with E-state index in [1.165, 1.54) is 0 Å². The van der Waals surface area contributed by atoms with Gasteiger partial charge in [0.2, 0.25) is 5.91 Å². The molecule has 142 valence electrons. The van der Waals surface area contributed by atoms with Gasteiger partial charge < -0.3 is 10.2 Å². The van der Waals surface area contributed by atoms with Crippen LogP contribution < -0.4 is 10.2 Å². The number of anilines is 1. The zero-order chi connectivity index (χ0) is 19.2. The molecule has 0 atom stereocenters. The fourth-order valence-corrected chi connectivity index (χ4v) is 4.15. The summed E-state index contributed by atoms with van der Waals surface area (Å²) >= 11 is 1.66. The van der Waals surface area contributed by atoms with Crippen molar-refractivity contribution in [1.82, 2.24) is 15.3 Å². The summed E-state index contributed by atoms with van der Waals surface area (Å²) in [6.45, 7) is 1.79. The lowest BCUT2D eigenvalue weighted by molar-refractivity contribution is -0.117. The van der Waals surface area contributed by atoms with E-state index in [0.717, 1.165) is 47.9 Å². The molecule has 1 amide bonds. The van der Waals surface area contributed by atoms with E-state index in [1.54, 1.807) is 23.6 Å². The average molecular weight is 391 g/mol. The molecule has 5 nitrogen and oxygen atoms in total. The predicted molar refractivity (Wildman–Crippen MR) is 114 cm³/mol. The number of hydrogen-bond donors (Lipinski definition) is 1. The maximum absolute atomic E-state index is 12.2. The van der Waals surface area contributed by atoms with Crippen LogP contribution in [-0.2, 0) is 4.79 Å². The number of thiazole rings is 1. The summed E-state index contributed by atoms with van der Waals surface area (Å²) in [7, 11) is 0. The largest absolute Gasteiger partial charge is 0.350 e. The van der Waals surface area contributed by atoms with Gasteiger partial charge in [-0.25, -0.2) is 4.98 Å². The molecule has 0 spiro atoms. The first-order chi connectivity index (χ1) is 13.8. The molecule has 1 aliphatic rings. The highest BCUT2D eigenvalue weighted by Crippen LogP contribution is 2.28. The molecule has 6 heteroatoms. The Bertz CT molecular complexity index is 931. The highest BCUT2D eigenvalue weighted by Gasteiger charge is 2.22. The molecule has 1 aliphatic heterocycles. The Labute approximate surface area is 168 Å². The van der Waals surface area contributed by atoms with Gasteiger partial charge in [-0.1, -0.05) is 30.3 Å². The van der Waals surface area contributed by atoms with E-state index in [9.17, 15) is 4.79 Å². The number of hydrogen-bond acceptors (Lipinski definition) is 5. The smallest absolute Gasteiger partial charge is 0.244 e. The monoisotopic (exact) mass is 390 g/mol. The van der Waals surface area contributed by atoms with Crippen LogP contribution in [0.4, 0.5) is 5.13 Å². The number of amides is 1. The highest BCUT2D eigenvalue weighted by atomic mass is 32.1. The van der Waals surface area contributed by atoms with E-state index in [1.807, 2.05) is 54.7 Å². The quantitative estimate of drug-likeness (QED) is 0.669. The van der Waals surface area contributed by atoms with Gasteiger partial charge in [-0.15, -0.1) is 11.3 Å². The maximum atomic E-state index is 12.2. The third kappa shape index (κ3) is 4.64. The summed E-state index contributed by atoms with van der Waals surface area (Å²) in [5, 5.41) is 6.23. The number of pyridine rings is 1. The second kappa shape index (κ2) is 8.80. The van der Waals surface area contributed by atoms with Crippen LogP contribution in [0.25, 0.3) is 17.3 Å². The van der Waals surface area contributed by atoms with E-state index < -0.39 is 0 Å². The minimum Gasteiger partial charge on any atom is -0.350 e. The van der Waals surface area contributed by atoms with Crippen LogP contribution >= 0.6 is 11.3 Å². The molecule has 3 heterocycles. The van der Waals surface area contributed by atoms with Gasteiger partial charge in [0.05, 0.1) is 5.69 Å². The first-order valence-electron chi connectivity index (χ1n) is 9.42. The Morgan fingerprint density at radius 3 is 2.71 bits per heavy atom. The lowest BCUT2D eigenvalue weighted by Crippen LogP contribution is -2.44. The van der Waals surface area contributed by atoms with Crippen LogP contribution in [-0.4, -0.2) is 35.0 Å². The highest BCUT2D eigenvalue weighted by molar-refractivity contribution is 7.14. The van der Waals surface area contributed by atoms with Crippen LogP contribution in [0, 0.1) is 0 Å². The van der Waals surface area contributed by atoms with Crippen LogP contribution in [0.5, 0.6) is 0 Å². The van der Waals surface area contributed by atoms with Gasteiger partial charge in [0, 0.05) is 48.5 Å². The molecule has 28 heavy (non-hydrogen) atoms. The van der Waals surface area contributed by atoms with Gasteiger partial charge in [0.1, 0.15) is 0 Å². The number of benzene rings is 1. The lowest BCUT2D eigenvalue weighted by atomic mass is 10.1. The molecule has 1 N–H and O–H groups in total. The van der Waals surface area contributed by atoms with Crippen molar-refractivity contribution in [3.05, 3.63) is 71.9 Å². The molecule has 3 aromatic rings. The Hall–Kier alpha value is -2.99. The van der Waals surface area contributed by atoms with Gasteiger partial charge in [0.25, 0.3) is 0 Å². The third-order valence-corrected chi connectivity index (χ3v) is 5.69. The van der Waals surface area contributed by atoms with Crippen molar-refractivity contribution in [1.29, 1.82) is 0 Å². The summed E-state index contributed by atoms with van der Waals surface area (Å²) in [5.41, 5.74) is 3.03. The Morgan fingerprint density at radius 1 is 1.14 bits per heavy atom. The topological polar surface area (TPSA) is 58.1 Å². The minimum absolute atomic E-state index is 0.0320. The SMILES string of the molecule is O=C(C=Cc1ccccc1)NC1CCN(c2nc(-c3cccnc3)cs2)CC1. The standard InChI is InChI=1S/C22H22N4OS/c27-21(9-8-17-5-2-1-3-6-17)24-19-10-13-26(14-11-19)22-25-20(16-28-22)18-7-4-12-23-15-18/h1-9,12,15-16,19H,10-11,13-14H2,(H,24,27). The molecule has 2 aromatic heterocycles. The fraction of sp³-hybridized carbons (Fsp3) is 0.227. The predicted octanol–water partition coefficient (Wildman–Crippen LogP) is 4.00. The minimum atomic E-state index is -0.0320. The molecule has 1 aromatic carbocycles. The molecule has 0 radical (unpaired) electrons. The molecule has 0 unspecified atom stereocenters. The summed E-state index contributed by atoms with van der Waals surface area (Å²) in [4.78, 5) is 23.4. The number of piperidine rings is 1. The number of rotatable bonds is 5. The van der Waals surface area contributed by atoms with Crippen molar-refractivity contribution < 1.29 is 4.79 Å². The van der Waals surface area contributed by atoms with Gasteiger partial charge in [-0.05, 0) is 36.6 Å². The fourth-order valence-electron chi connectivity index (χ4n) is 3.26. The van der Waals surface area contributed by atoms with Gasteiger partial charge in [-0.3, -0.25) is 9.78 Å². The Morgan fingerprint density at radius 2 is 1.96 bits per heavy atom. The molecule has 0 bridgehead atoms. The van der Waals surface area contributed by atoms with E-state index in [2.05, 4.69) is 20.6 Å². The number of nitrogens with one attached hydrogen (secondary N) is 1. The zero-order valence-corrected chi connectivity index (χ0v) is 16.3. The van der Waals surface area contributed by atoms with Gasteiger partial charge in [0.15, 0.2) is 5.13 Å². The number of carbonyl (C=O) groups excluding carboxylic acids is 1. The molecule has 0 saturated carbocycles. The van der Waals surface area contributed by atoms with Crippen molar-refractivity contribution in [3.63, 3.8) is 0 Å². The molecular weight excluding hydrogens is 368 g/mol. The molecule has 0 aliphatic carbocycles. The number of nitrogens with zero attached hydrogens (tertiary/aromatic N) is 3. The van der Waals surface area contributed by atoms with E-state index >= 15 is 0 Å². The molecule has 1 saturated heterocycles. The number of aromatic nitrogens is 2. The lowest BCUT2D eigenvalue weighted by Gasteiger charge is -2.31. The van der Waals surface area contributed by atoms with Gasteiger partial charge >= 0.3 is 0 Å². The number of carbonyl (C=O) groups is 1. The molecular formula is C22H22N4OS.